The van der Waals surface area contributed by atoms with Crippen LogP contribution in [0, 0.1) is 0 Å². The van der Waals surface area contributed by atoms with Crippen molar-refractivity contribution in [2.24, 2.45) is 0 Å². The topological polar surface area (TPSA) is 70.7 Å². The Kier molecular flexibility index (Phi) is 8.96. The lowest BCUT2D eigenvalue weighted by atomic mass is 10.1. The molecule has 0 aliphatic heterocycles. The molecule has 2 amide bonds. The number of carbonyl (C=O) groups is 2. The molecule has 2 aromatic carbocycles. The Hall–Kier alpha value is -2.57. The Morgan fingerprint density at radius 1 is 1.10 bits per heavy atom. The number of methoxy groups -OCH3 is 1. The molecule has 2 rings (SSSR count). The van der Waals surface area contributed by atoms with E-state index < -0.39 is 0 Å². The van der Waals surface area contributed by atoms with Gasteiger partial charge in [-0.1, -0.05) is 41.9 Å². The van der Waals surface area contributed by atoms with Crippen molar-refractivity contribution >= 4 is 29.1 Å². The third kappa shape index (κ3) is 8.13. The summed E-state index contributed by atoms with van der Waals surface area (Å²) in [5.74, 6) is 0.162. The minimum Gasteiger partial charge on any atom is -0.495 e. The van der Waals surface area contributed by atoms with E-state index in [1.807, 2.05) is 25.1 Å². The van der Waals surface area contributed by atoms with E-state index in [4.69, 9.17) is 16.3 Å². The molecular formula is C22H28ClN3O3. The minimum atomic E-state index is -0.252. The molecule has 6 nitrogen and oxygen atoms in total. The molecule has 156 valence electrons. The Morgan fingerprint density at radius 3 is 2.48 bits per heavy atom. The molecule has 0 aromatic heterocycles. The van der Waals surface area contributed by atoms with E-state index in [1.54, 1.807) is 30.1 Å². The fourth-order valence-corrected chi connectivity index (χ4v) is 3.11. The van der Waals surface area contributed by atoms with Crippen LogP contribution >= 0.6 is 11.6 Å². The molecule has 0 aliphatic carbocycles. The van der Waals surface area contributed by atoms with Crippen LogP contribution in [0.2, 0.25) is 5.02 Å². The number of nitrogens with one attached hydrogen (secondary N) is 2. The zero-order valence-electron chi connectivity index (χ0n) is 17.1. The average molecular weight is 418 g/mol. The normalized spacial score (nSPS) is 11.8. The van der Waals surface area contributed by atoms with Crippen molar-refractivity contribution in [2.45, 2.75) is 25.8 Å². The van der Waals surface area contributed by atoms with Gasteiger partial charge in [0.25, 0.3) is 0 Å². The van der Waals surface area contributed by atoms with Crippen LogP contribution in [0.15, 0.2) is 48.5 Å². The first kappa shape index (κ1) is 22.7. The predicted octanol–water partition coefficient (Wildman–Crippen LogP) is 3.36. The summed E-state index contributed by atoms with van der Waals surface area (Å²) in [5.41, 5.74) is 1.75. The number of rotatable bonds is 10. The van der Waals surface area contributed by atoms with Gasteiger partial charge in [0.2, 0.25) is 11.8 Å². The molecule has 0 unspecified atom stereocenters. The monoisotopic (exact) mass is 417 g/mol. The molecule has 29 heavy (non-hydrogen) atoms. The van der Waals surface area contributed by atoms with Crippen molar-refractivity contribution in [3.8, 4) is 5.75 Å². The van der Waals surface area contributed by atoms with Gasteiger partial charge in [0.1, 0.15) is 5.75 Å². The van der Waals surface area contributed by atoms with E-state index in [-0.39, 0.29) is 30.9 Å². The second-order valence-electron chi connectivity index (χ2n) is 7.06. The molecule has 1 atom stereocenters. The van der Waals surface area contributed by atoms with Crippen molar-refractivity contribution < 1.29 is 14.3 Å². The second-order valence-corrected chi connectivity index (χ2v) is 7.49. The van der Waals surface area contributed by atoms with Crippen molar-refractivity contribution in [1.29, 1.82) is 0 Å². The number of amides is 2. The number of halogens is 1. The van der Waals surface area contributed by atoms with Gasteiger partial charge >= 0.3 is 0 Å². The SMILES string of the molecule is COc1ccc(Cl)cc1NC(=O)CN(C)CC(=O)N[C@@H](C)CCc1ccccc1. The Balaban J connectivity index is 1.74. The number of likely N-dealkylation sites (N-methyl/N-ethyl adjacent to an activating group) is 1. The number of ether oxygens (including phenoxy) is 1. The van der Waals surface area contributed by atoms with Crippen LogP contribution in [-0.2, 0) is 16.0 Å². The highest BCUT2D eigenvalue weighted by atomic mass is 35.5. The Labute approximate surface area is 177 Å². The highest BCUT2D eigenvalue weighted by Gasteiger charge is 2.14. The predicted molar refractivity (Wildman–Crippen MR) is 116 cm³/mol. The van der Waals surface area contributed by atoms with Crippen LogP contribution in [0.25, 0.3) is 0 Å². The largest absolute Gasteiger partial charge is 0.495 e. The third-order valence-corrected chi connectivity index (χ3v) is 4.61. The fourth-order valence-electron chi connectivity index (χ4n) is 2.93. The highest BCUT2D eigenvalue weighted by Crippen LogP contribution is 2.27. The Bertz CT molecular complexity index is 814. The number of benzene rings is 2. The van der Waals surface area contributed by atoms with Crippen LogP contribution < -0.4 is 15.4 Å². The molecule has 2 aromatic rings. The summed E-state index contributed by atoms with van der Waals surface area (Å²) in [5, 5.41) is 6.24. The molecule has 0 aliphatic rings. The number of nitrogens with zero attached hydrogens (tertiary/aromatic N) is 1. The van der Waals surface area contributed by atoms with Crippen LogP contribution in [0.1, 0.15) is 18.9 Å². The number of aryl methyl sites for hydroxylation is 1. The van der Waals surface area contributed by atoms with E-state index >= 15 is 0 Å². The molecule has 0 spiro atoms. The third-order valence-electron chi connectivity index (χ3n) is 4.38. The van der Waals surface area contributed by atoms with Gasteiger partial charge in [0.15, 0.2) is 0 Å². The van der Waals surface area contributed by atoms with E-state index in [1.165, 1.54) is 12.7 Å². The summed E-state index contributed by atoms with van der Waals surface area (Å²) in [6.07, 6.45) is 1.76. The molecule has 7 heteroatoms. The van der Waals surface area contributed by atoms with Gasteiger partial charge in [-0.2, -0.15) is 0 Å². The maximum Gasteiger partial charge on any atom is 0.238 e. The number of hydrogen-bond donors (Lipinski definition) is 2. The molecule has 0 radical (unpaired) electrons. The zero-order valence-corrected chi connectivity index (χ0v) is 17.8. The molecule has 0 fully saturated rings. The van der Waals surface area contributed by atoms with E-state index in [2.05, 4.69) is 22.8 Å². The summed E-state index contributed by atoms with van der Waals surface area (Å²) in [6, 6.07) is 15.2. The summed E-state index contributed by atoms with van der Waals surface area (Å²) < 4.78 is 5.22. The fraction of sp³-hybridized carbons (Fsp3) is 0.364. The first-order valence-corrected chi connectivity index (χ1v) is 9.90. The lowest BCUT2D eigenvalue weighted by Crippen LogP contribution is -2.42. The standard InChI is InChI=1S/C22H28ClN3O3/c1-16(9-10-17-7-5-4-6-8-17)24-21(27)14-26(2)15-22(28)25-19-13-18(23)11-12-20(19)29-3/h4-8,11-13,16H,9-10,14-15H2,1-3H3,(H,24,27)(H,25,28)/t16-/m0/s1. The molecule has 0 heterocycles. The first-order valence-electron chi connectivity index (χ1n) is 9.52. The lowest BCUT2D eigenvalue weighted by molar-refractivity contribution is -0.123. The summed E-state index contributed by atoms with van der Waals surface area (Å²) in [7, 11) is 3.25. The van der Waals surface area contributed by atoms with Crippen LogP contribution in [0.4, 0.5) is 5.69 Å². The van der Waals surface area contributed by atoms with Crippen LogP contribution in [0.5, 0.6) is 5.75 Å². The second kappa shape index (κ2) is 11.4. The van der Waals surface area contributed by atoms with Gasteiger partial charge in [-0.3, -0.25) is 14.5 Å². The van der Waals surface area contributed by atoms with Gasteiger partial charge in [0.05, 0.1) is 25.9 Å². The zero-order chi connectivity index (χ0) is 21.2. The molecule has 2 N–H and O–H groups in total. The van der Waals surface area contributed by atoms with Gasteiger partial charge in [-0.05, 0) is 50.6 Å². The summed E-state index contributed by atoms with van der Waals surface area (Å²) in [4.78, 5) is 26.2. The van der Waals surface area contributed by atoms with Gasteiger partial charge in [0, 0.05) is 11.1 Å². The molecule has 0 bridgehead atoms. The highest BCUT2D eigenvalue weighted by molar-refractivity contribution is 6.31. The summed E-state index contributed by atoms with van der Waals surface area (Å²) in [6.45, 7) is 2.19. The number of hydrogen-bond acceptors (Lipinski definition) is 4. The minimum absolute atomic E-state index is 0.0562. The van der Waals surface area contributed by atoms with Gasteiger partial charge in [-0.15, -0.1) is 0 Å². The number of carbonyl (C=O) groups excluding carboxylic acids is 2. The maximum absolute atomic E-state index is 12.3. The van der Waals surface area contributed by atoms with Crippen molar-refractivity contribution in [1.82, 2.24) is 10.2 Å². The first-order chi connectivity index (χ1) is 13.9. The molecule has 0 saturated carbocycles. The van der Waals surface area contributed by atoms with Crippen molar-refractivity contribution in [3.05, 3.63) is 59.1 Å². The number of anilines is 1. The van der Waals surface area contributed by atoms with Gasteiger partial charge < -0.3 is 15.4 Å². The maximum atomic E-state index is 12.3. The average Bonchev–Trinajstić information content (AvgIpc) is 2.67. The van der Waals surface area contributed by atoms with Gasteiger partial charge in [-0.25, -0.2) is 0 Å². The Morgan fingerprint density at radius 2 is 1.79 bits per heavy atom. The van der Waals surface area contributed by atoms with Crippen LogP contribution in [0.3, 0.4) is 0 Å². The van der Waals surface area contributed by atoms with Crippen molar-refractivity contribution in [3.63, 3.8) is 0 Å². The quantitative estimate of drug-likeness (QED) is 0.621. The van der Waals surface area contributed by atoms with E-state index in [0.717, 1.165) is 12.8 Å². The van der Waals surface area contributed by atoms with E-state index in [0.29, 0.717) is 16.5 Å². The lowest BCUT2D eigenvalue weighted by Gasteiger charge is -2.19. The smallest absolute Gasteiger partial charge is 0.238 e. The summed E-state index contributed by atoms with van der Waals surface area (Å²) >= 11 is 5.97. The molecule has 0 saturated heterocycles. The molecular weight excluding hydrogens is 390 g/mol. The van der Waals surface area contributed by atoms with E-state index in [9.17, 15) is 9.59 Å². The van der Waals surface area contributed by atoms with Crippen LogP contribution in [-0.4, -0.2) is 50.0 Å². The van der Waals surface area contributed by atoms with Crippen molar-refractivity contribution in [2.75, 3.05) is 32.6 Å².